The molecule has 0 amide bonds. The van der Waals surface area contributed by atoms with Gasteiger partial charge in [-0.1, -0.05) is 12.1 Å². The third-order valence-electron chi connectivity index (χ3n) is 4.32. The molecular weight excluding hydrogens is 365 g/mol. The number of aryl methyl sites for hydroxylation is 1. The summed E-state index contributed by atoms with van der Waals surface area (Å²) in [5.41, 5.74) is 2.18. The van der Waals surface area contributed by atoms with Crippen molar-refractivity contribution < 1.29 is 17.9 Å². The van der Waals surface area contributed by atoms with Gasteiger partial charge in [0.05, 0.1) is 24.3 Å². The van der Waals surface area contributed by atoms with Gasteiger partial charge in [-0.25, -0.2) is 0 Å². The zero-order valence-electron chi connectivity index (χ0n) is 15.3. The highest BCUT2D eigenvalue weighted by Crippen LogP contribution is 2.31. The molecule has 0 saturated heterocycles. The highest BCUT2D eigenvalue weighted by molar-refractivity contribution is 5.89. The molecule has 0 fully saturated rings. The summed E-state index contributed by atoms with van der Waals surface area (Å²) in [6, 6.07) is 16.1. The van der Waals surface area contributed by atoms with Crippen molar-refractivity contribution in [2.45, 2.75) is 13.1 Å². The first-order valence-corrected chi connectivity index (χ1v) is 8.44. The van der Waals surface area contributed by atoms with Crippen LogP contribution in [0, 0.1) is 18.3 Å². The lowest BCUT2D eigenvalue weighted by atomic mass is 10.0. The van der Waals surface area contributed by atoms with Gasteiger partial charge in [-0.05, 0) is 66.6 Å². The molecule has 142 valence electrons. The Morgan fingerprint density at radius 3 is 2.43 bits per heavy atom. The Morgan fingerprint density at radius 2 is 1.82 bits per heavy atom. The third-order valence-corrected chi connectivity index (χ3v) is 4.32. The fourth-order valence-electron chi connectivity index (χ4n) is 2.91. The van der Waals surface area contributed by atoms with Crippen LogP contribution in [0.25, 0.3) is 17.3 Å². The maximum absolute atomic E-state index is 12.9. The zero-order chi connectivity index (χ0) is 20.3. The van der Waals surface area contributed by atoms with Crippen molar-refractivity contribution in [2.24, 2.45) is 0 Å². The molecule has 0 radical (unpaired) electrons. The van der Waals surface area contributed by atoms with Crippen molar-refractivity contribution in [2.75, 3.05) is 7.11 Å². The Hall–Kier alpha value is -3.46. The summed E-state index contributed by atoms with van der Waals surface area (Å²) in [5.74, 6) is 0.741. The van der Waals surface area contributed by atoms with Crippen molar-refractivity contribution in [3.05, 3.63) is 83.2 Å². The van der Waals surface area contributed by atoms with Crippen molar-refractivity contribution in [3.63, 3.8) is 0 Å². The van der Waals surface area contributed by atoms with E-state index in [2.05, 4.69) is 0 Å². The van der Waals surface area contributed by atoms with Crippen LogP contribution in [-0.4, -0.2) is 11.7 Å². The summed E-state index contributed by atoms with van der Waals surface area (Å²) in [7, 11) is 1.59. The van der Waals surface area contributed by atoms with Gasteiger partial charge in [-0.2, -0.15) is 18.4 Å². The van der Waals surface area contributed by atoms with Crippen LogP contribution in [0.3, 0.4) is 0 Å². The molecule has 28 heavy (non-hydrogen) atoms. The number of aromatic nitrogens is 1. The van der Waals surface area contributed by atoms with Crippen LogP contribution in [-0.2, 0) is 6.18 Å². The number of hydrogen-bond donors (Lipinski definition) is 0. The van der Waals surface area contributed by atoms with Crippen LogP contribution in [0.2, 0.25) is 0 Å². The molecule has 6 heteroatoms. The van der Waals surface area contributed by atoms with E-state index in [1.807, 2.05) is 54.1 Å². The van der Waals surface area contributed by atoms with E-state index in [1.165, 1.54) is 12.1 Å². The number of halogens is 3. The quantitative estimate of drug-likeness (QED) is 0.529. The molecule has 2 aromatic carbocycles. The first-order chi connectivity index (χ1) is 13.3. The number of benzene rings is 2. The van der Waals surface area contributed by atoms with Gasteiger partial charge < -0.3 is 9.30 Å². The zero-order valence-corrected chi connectivity index (χ0v) is 15.3. The number of alkyl halides is 3. The van der Waals surface area contributed by atoms with Crippen LogP contribution < -0.4 is 4.74 Å². The van der Waals surface area contributed by atoms with Gasteiger partial charge in [-0.3, -0.25) is 0 Å². The predicted molar refractivity (Wildman–Crippen MR) is 102 cm³/mol. The maximum Gasteiger partial charge on any atom is 0.416 e. The lowest BCUT2D eigenvalue weighted by Crippen LogP contribution is -2.04. The third kappa shape index (κ3) is 4.09. The second-order valence-corrected chi connectivity index (χ2v) is 6.23. The molecule has 0 aliphatic carbocycles. The van der Waals surface area contributed by atoms with Gasteiger partial charge in [0.2, 0.25) is 0 Å². The van der Waals surface area contributed by atoms with Crippen molar-refractivity contribution in [3.8, 4) is 17.5 Å². The summed E-state index contributed by atoms with van der Waals surface area (Å²) in [6.45, 7) is 1.91. The molecule has 0 spiro atoms. The Morgan fingerprint density at radius 1 is 1.11 bits per heavy atom. The molecule has 0 saturated carbocycles. The smallest absolute Gasteiger partial charge is 0.416 e. The van der Waals surface area contributed by atoms with E-state index in [4.69, 9.17) is 4.74 Å². The minimum Gasteiger partial charge on any atom is -0.497 e. The number of ether oxygens (including phenoxy) is 1. The topological polar surface area (TPSA) is 38.0 Å². The molecule has 0 N–H and O–H groups in total. The van der Waals surface area contributed by atoms with Crippen LogP contribution >= 0.6 is 0 Å². The van der Waals surface area contributed by atoms with E-state index in [-0.39, 0.29) is 11.1 Å². The van der Waals surface area contributed by atoms with E-state index < -0.39 is 11.7 Å². The van der Waals surface area contributed by atoms with Crippen LogP contribution in [0.15, 0.2) is 60.8 Å². The van der Waals surface area contributed by atoms with E-state index in [1.54, 1.807) is 13.2 Å². The minimum absolute atomic E-state index is 0.165. The molecule has 0 atom stereocenters. The SMILES string of the molecule is COc1ccc(-n2cc(/C=C(\C#N)c3cccc(C(F)(F)F)c3)cc2C)cc1. The van der Waals surface area contributed by atoms with Gasteiger partial charge in [0.1, 0.15) is 5.75 Å². The molecule has 0 aliphatic heterocycles. The van der Waals surface area contributed by atoms with Gasteiger partial charge in [0.15, 0.2) is 0 Å². The number of allylic oxidation sites excluding steroid dienone is 1. The Balaban J connectivity index is 1.97. The standard InChI is InChI=1S/C22H17F3N2O/c1-15-10-16(14-27(15)20-6-8-21(28-2)9-7-20)11-18(13-26)17-4-3-5-19(12-17)22(23,24)25/h3-12,14H,1-2H3/b18-11+. The van der Waals surface area contributed by atoms with E-state index in [9.17, 15) is 18.4 Å². The number of nitrogens with zero attached hydrogens (tertiary/aromatic N) is 2. The van der Waals surface area contributed by atoms with Crippen LogP contribution in [0.5, 0.6) is 5.75 Å². The Labute approximate surface area is 160 Å². The van der Waals surface area contributed by atoms with Crippen LogP contribution in [0.1, 0.15) is 22.4 Å². The maximum atomic E-state index is 12.9. The normalized spacial score (nSPS) is 11.9. The summed E-state index contributed by atoms with van der Waals surface area (Å²) in [6.07, 6.45) is -1.03. The summed E-state index contributed by atoms with van der Waals surface area (Å²) >= 11 is 0. The molecule has 3 rings (SSSR count). The highest BCUT2D eigenvalue weighted by Gasteiger charge is 2.30. The summed E-state index contributed by atoms with van der Waals surface area (Å²) in [5, 5.41) is 9.47. The lowest BCUT2D eigenvalue weighted by molar-refractivity contribution is -0.137. The minimum atomic E-state index is -4.45. The van der Waals surface area contributed by atoms with Crippen LogP contribution in [0.4, 0.5) is 13.2 Å². The Bertz CT molecular complexity index is 1050. The monoisotopic (exact) mass is 382 g/mol. The highest BCUT2D eigenvalue weighted by atomic mass is 19.4. The number of hydrogen-bond acceptors (Lipinski definition) is 2. The number of nitriles is 1. The molecule has 0 unspecified atom stereocenters. The predicted octanol–water partition coefficient (Wildman–Crippen LogP) is 5.88. The van der Waals surface area contributed by atoms with Crippen molar-refractivity contribution in [1.82, 2.24) is 4.57 Å². The average molecular weight is 382 g/mol. The summed E-state index contributed by atoms with van der Waals surface area (Å²) < 4.78 is 45.9. The van der Waals surface area contributed by atoms with Gasteiger partial charge in [0, 0.05) is 17.6 Å². The van der Waals surface area contributed by atoms with Gasteiger partial charge in [-0.15, -0.1) is 0 Å². The molecule has 1 aromatic heterocycles. The Kier molecular flexibility index (Phi) is 5.27. The van der Waals surface area contributed by atoms with E-state index in [0.717, 1.165) is 34.8 Å². The fraction of sp³-hybridized carbons (Fsp3) is 0.136. The largest absolute Gasteiger partial charge is 0.497 e. The van der Waals surface area contributed by atoms with E-state index >= 15 is 0 Å². The molecule has 1 heterocycles. The molecule has 0 aliphatic rings. The lowest BCUT2D eigenvalue weighted by Gasteiger charge is -2.08. The average Bonchev–Trinajstić information content (AvgIpc) is 3.06. The second kappa shape index (κ2) is 7.65. The van der Waals surface area contributed by atoms with Gasteiger partial charge in [0.25, 0.3) is 0 Å². The van der Waals surface area contributed by atoms with Gasteiger partial charge >= 0.3 is 6.18 Å². The first kappa shape index (κ1) is 19.3. The first-order valence-electron chi connectivity index (χ1n) is 8.44. The number of methoxy groups -OCH3 is 1. The summed E-state index contributed by atoms with van der Waals surface area (Å²) in [4.78, 5) is 0. The molecular formula is C22H17F3N2O. The number of rotatable bonds is 4. The fourth-order valence-corrected chi connectivity index (χ4v) is 2.91. The van der Waals surface area contributed by atoms with E-state index in [0.29, 0.717) is 0 Å². The van der Waals surface area contributed by atoms with Crippen molar-refractivity contribution >= 4 is 11.6 Å². The second-order valence-electron chi connectivity index (χ2n) is 6.23. The van der Waals surface area contributed by atoms with Crippen molar-refractivity contribution in [1.29, 1.82) is 5.26 Å². The molecule has 0 bridgehead atoms. The molecule has 3 nitrogen and oxygen atoms in total. The molecule has 3 aromatic rings.